The Morgan fingerprint density at radius 3 is 2.52 bits per heavy atom. The van der Waals surface area contributed by atoms with Crippen molar-refractivity contribution in [3.05, 3.63) is 51.6 Å². The van der Waals surface area contributed by atoms with E-state index < -0.39 is 12.7 Å². The van der Waals surface area contributed by atoms with Gasteiger partial charge < -0.3 is 19.6 Å². The van der Waals surface area contributed by atoms with Gasteiger partial charge in [0.2, 0.25) is 6.10 Å². The first-order valence-electron chi connectivity index (χ1n) is 7.77. The number of methoxy groups -OCH3 is 1. The summed E-state index contributed by atoms with van der Waals surface area (Å²) in [5, 5.41) is 6.47. The number of halogens is 3. The van der Waals surface area contributed by atoms with E-state index in [1.165, 1.54) is 31.5 Å². The molecule has 27 heavy (non-hydrogen) atoms. The average Bonchev–Trinajstić information content (AvgIpc) is 2.64. The normalized spacial score (nSPS) is 12.1. The number of hydrogen-bond acceptors (Lipinski definition) is 5. The van der Waals surface area contributed by atoms with Crippen LogP contribution >= 0.6 is 22.6 Å². The average molecular weight is 490 g/mol. The molecule has 6 nitrogen and oxygen atoms in total. The number of benzene rings is 2. The van der Waals surface area contributed by atoms with E-state index in [2.05, 4.69) is 37.8 Å². The van der Waals surface area contributed by atoms with Gasteiger partial charge in [0.25, 0.3) is 5.91 Å². The molecule has 0 bridgehead atoms. The Balaban J connectivity index is 1.93. The number of amides is 1. The summed E-state index contributed by atoms with van der Waals surface area (Å²) in [6, 6.07) is 11.6. The summed E-state index contributed by atoms with van der Waals surface area (Å²) >= 11 is 2.17. The fourth-order valence-electron chi connectivity index (χ4n) is 1.97. The van der Waals surface area contributed by atoms with Gasteiger partial charge >= 0.3 is 6.61 Å². The molecule has 0 fully saturated rings. The Bertz CT molecular complexity index is 800. The summed E-state index contributed by atoms with van der Waals surface area (Å²) in [4.78, 5) is 17.2. The number of hydrogen-bond donors (Lipinski definition) is 1. The highest BCUT2D eigenvalue weighted by Gasteiger charge is 2.14. The lowest BCUT2D eigenvalue weighted by Crippen LogP contribution is -2.26. The maximum absolute atomic E-state index is 12.3. The molecular formula is C18H17F2IN2O4. The van der Waals surface area contributed by atoms with Gasteiger partial charge in [0, 0.05) is 14.8 Å². The second-order valence-corrected chi connectivity index (χ2v) is 6.51. The summed E-state index contributed by atoms with van der Waals surface area (Å²) in [5.74, 6) is -0.314. The zero-order chi connectivity index (χ0) is 19.8. The molecule has 0 heterocycles. The molecule has 0 aromatic heterocycles. The first-order chi connectivity index (χ1) is 12.9. The highest BCUT2D eigenvalue weighted by atomic mass is 127. The minimum absolute atomic E-state index is 0.0872. The quantitative estimate of drug-likeness (QED) is 0.341. The van der Waals surface area contributed by atoms with Crippen LogP contribution < -0.4 is 14.8 Å². The van der Waals surface area contributed by atoms with Crippen molar-refractivity contribution in [2.24, 2.45) is 5.16 Å². The summed E-state index contributed by atoms with van der Waals surface area (Å²) in [7, 11) is 1.34. The van der Waals surface area contributed by atoms with Crippen molar-refractivity contribution in [2.45, 2.75) is 19.6 Å². The molecule has 2 rings (SSSR count). The highest BCUT2D eigenvalue weighted by Crippen LogP contribution is 2.28. The van der Waals surface area contributed by atoms with Gasteiger partial charge in [-0.15, -0.1) is 0 Å². The van der Waals surface area contributed by atoms with Crippen molar-refractivity contribution in [3.63, 3.8) is 0 Å². The van der Waals surface area contributed by atoms with Crippen LogP contribution in [0.15, 0.2) is 47.6 Å². The Labute approximate surface area is 168 Å². The molecule has 1 N–H and O–H groups in total. The number of ether oxygens (including phenoxy) is 2. The van der Waals surface area contributed by atoms with E-state index in [9.17, 15) is 13.6 Å². The van der Waals surface area contributed by atoms with Crippen molar-refractivity contribution >= 4 is 40.4 Å². The third-order valence-electron chi connectivity index (χ3n) is 3.31. The smallest absolute Gasteiger partial charge is 0.387 e. The van der Waals surface area contributed by atoms with Crippen molar-refractivity contribution in [1.29, 1.82) is 0 Å². The topological polar surface area (TPSA) is 69.2 Å². The SMILES string of the molecule is COc1cc(/C=N/OC(C)C(=O)Nc2ccc(I)cc2)ccc1OC(F)F. The van der Waals surface area contributed by atoms with Gasteiger partial charge in [-0.25, -0.2) is 0 Å². The monoisotopic (exact) mass is 490 g/mol. The molecule has 2 aromatic rings. The van der Waals surface area contributed by atoms with E-state index in [4.69, 9.17) is 9.57 Å². The van der Waals surface area contributed by atoms with E-state index in [1.54, 1.807) is 19.1 Å². The molecule has 1 unspecified atom stereocenters. The number of oxime groups is 1. The number of carbonyl (C=O) groups is 1. The fraction of sp³-hybridized carbons (Fsp3) is 0.222. The summed E-state index contributed by atoms with van der Waals surface area (Å²) < 4.78 is 35.0. The minimum atomic E-state index is -2.95. The molecule has 1 atom stereocenters. The number of nitrogens with one attached hydrogen (secondary N) is 1. The molecule has 9 heteroatoms. The molecule has 144 valence electrons. The molecule has 0 aliphatic rings. The summed E-state index contributed by atoms with van der Waals surface area (Å²) in [6.07, 6.45) is 0.507. The van der Waals surface area contributed by atoms with E-state index in [1.807, 2.05) is 12.1 Å². The zero-order valence-corrected chi connectivity index (χ0v) is 16.6. The predicted octanol–water partition coefficient (Wildman–Crippen LogP) is 4.28. The lowest BCUT2D eigenvalue weighted by Gasteiger charge is -2.11. The Morgan fingerprint density at radius 2 is 1.89 bits per heavy atom. The van der Waals surface area contributed by atoms with Gasteiger partial charge in [-0.2, -0.15) is 8.78 Å². The largest absolute Gasteiger partial charge is 0.493 e. The zero-order valence-electron chi connectivity index (χ0n) is 14.5. The fourth-order valence-corrected chi connectivity index (χ4v) is 2.32. The number of alkyl halides is 2. The molecule has 0 saturated heterocycles. The molecule has 0 aliphatic carbocycles. The molecule has 2 aromatic carbocycles. The van der Waals surface area contributed by atoms with E-state index in [0.717, 1.165) is 3.57 Å². The lowest BCUT2D eigenvalue weighted by atomic mass is 10.2. The van der Waals surface area contributed by atoms with Gasteiger partial charge in [-0.05, 0) is 72.0 Å². The van der Waals surface area contributed by atoms with Crippen LogP contribution in [0.5, 0.6) is 11.5 Å². The van der Waals surface area contributed by atoms with Crippen molar-refractivity contribution in [3.8, 4) is 11.5 Å². The standard InChI is InChI=1S/C18H17F2IN2O4/c1-11(17(24)23-14-6-4-13(21)5-7-14)27-22-10-12-3-8-15(26-18(19)20)16(9-12)25-2/h3-11,18H,1-2H3,(H,23,24)/b22-10+. The first-order valence-corrected chi connectivity index (χ1v) is 8.85. The van der Waals surface area contributed by atoms with Crippen LogP contribution in [0.3, 0.4) is 0 Å². The number of carbonyl (C=O) groups excluding carboxylic acids is 1. The van der Waals surface area contributed by atoms with Crippen molar-refractivity contribution in [2.75, 3.05) is 12.4 Å². The van der Waals surface area contributed by atoms with Gasteiger partial charge in [-0.3, -0.25) is 4.79 Å². The van der Waals surface area contributed by atoms with Gasteiger partial charge in [0.05, 0.1) is 13.3 Å². The van der Waals surface area contributed by atoms with Crippen LogP contribution in [0, 0.1) is 3.57 Å². The van der Waals surface area contributed by atoms with E-state index in [-0.39, 0.29) is 17.4 Å². The van der Waals surface area contributed by atoms with Gasteiger partial charge in [0.15, 0.2) is 11.5 Å². The summed E-state index contributed by atoms with van der Waals surface area (Å²) in [6.45, 7) is -1.39. The van der Waals surface area contributed by atoms with Crippen LogP contribution in [0.4, 0.5) is 14.5 Å². The predicted molar refractivity (Wildman–Crippen MR) is 106 cm³/mol. The maximum Gasteiger partial charge on any atom is 0.387 e. The number of nitrogens with zero attached hydrogens (tertiary/aromatic N) is 1. The van der Waals surface area contributed by atoms with Crippen LogP contribution in [0.25, 0.3) is 0 Å². The van der Waals surface area contributed by atoms with Crippen LogP contribution in [0.2, 0.25) is 0 Å². The Kier molecular flexibility index (Phi) is 7.77. The first kappa shape index (κ1) is 20.9. The van der Waals surface area contributed by atoms with Crippen molar-refractivity contribution < 1.29 is 27.9 Å². The molecule has 0 aliphatic heterocycles. The number of anilines is 1. The Morgan fingerprint density at radius 1 is 1.19 bits per heavy atom. The lowest BCUT2D eigenvalue weighted by molar-refractivity contribution is -0.126. The third kappa shape index (κ3) is 6.66. The second kappa shape index (κ2) is 10.0. The van der Waals surface area contributed by atoms with Crippen molar-refractivity contribution in [1.82, 2.24) is 0 Å². The van der Waals surface area contributed by atoms with Gasteiger partial charge in [-0.1, -0.05) is 5.16 Å². The number of rotatable bonds is 8. The van der Waals surface area contributed by atoms with Crippen LogP contribution in [-0.4, -0.2) is 31.9 Å². The van der Waals surface area contributed by atoms with Gasteiger partial charge in [0.1, 0.15) is 0 Å². The van der Waals surface area contributed by atoms with Crippen LogP contribution in [-0.2, 0) is 9.63 Å². The molecule has 0 radical (unpaired) electrons. The van der Waals surface area contributed by atoms with E-state index >= 15 is 0 Å². The molecule has 0 spiro atoms. The molecular weight excluding hydrogens is 473 g/mol. The maximum atomic E-state index is 12.3. The third-order valence-corrected chi connectivity index (χ3v) is 4.02. The molecule has 1 amide bonds. The molecule has 0 saturated carbocycles. The second-order valence-electron chi connectivity index (χ2n) is 5.27. The minimum Gasteiger partial charge on any atom is -0.493 e. The Hall–Kier alpha value is -2.43. The van der Waals surface area contributed by atoms with Crippen LogP contribution in [0.1, 0.15) is 12.5 Å². The van der Waals surface area contributed by atoms with E-state index in [0.29, 0.717) is 11.3 Å². The summed E-state index contributed by atoms with van der Waals surface area (Å²) in [5.41, 5.74) is 1.18. The highest BCUT2D eigenvalue weighted by molar-refractivity contribution is 14.1.